The predicted octanol–water partition coefficient (Wildman–Crippen LogP) is 8.33. The minimum atomic E-state index is 0.355. The minimum Gasteiger partial charge on any atom is -0.486 e. The fourth-order valence-corrected chi connectivity index (χ4v) is 4.67. The summed E-state index contributed by atoms with van der Waals surface area (Å²) < 4.78 is 7.74. The summed E-state index contributed by atoms with van der Waals surface area (Å²) in [6, 6.07) is 15.9. The Morgan fingerprint density at radius 2 is 1.61 bits per heavy atom. The van der Waals surface area contributed by atoms with E-state index in [-0.39, 0.29) is 0 Å². The summed E-state index contributed by atoms with van der Waals surface area (Å²) in [6.07, 6.45) is 0. The minimum absolute atomic E-state index is 0.355. The molecule has 1 N–H and O–H groups in total. The molecule has 0 radical (unpaired) electrons. The van der Waals surface area contributed by atoms with Gasteiger partial charge >= 0.3 is 0 Å². The van der Waals surface area contributed by atoms with E-state index in [4.69, 9.17) is 27.9 Å². The van der Waals surface area contributed by atoms with E-state index in [9.17, 15) is 0 Å². The molecule has 146 valence electrons. The number of benzene rings is 3. The van der Waals surface area contributed by atoms with Gasteiger partial charge in [-0.3, -0.25) is 0 Å². The maximum Gasteiger partial charge on any atom is 0.148 e. The topological polar surface area (TPSA) is 21.3 Å². The largest absolute Gasteiger partial charge is 0.486 e. The molecule has 2 nitrogen and oxygen atoms in total. The van der Waals surface area contributed by atoms with Gasteiger partial charge in [-0.1, -0.05) is 35.3 Å². The van der Waals surface area contributed by atoms with Crippen LogP contribution in [-0.4, -0.2) is 0 Å². The molecule has 6 heteroatoms. The average molecular weight is 544 g/mol. The van der Waals surface area contributed by atoms with Crippen LogP contribution in [0.3, 0.4) is 0 Å². The molecule has 3 rings (SSSR count). The second-order valence-electron chi connectivity index (χ2n) is 6.57. The van der Waals surface area contributed by atoms with Crippen molar-refractivity contribution in [2.75, 3.05) is 5.32 Å². The van der Waals surface area contributed by atoms with Crippen LogP contribution in [0, 0.1) is 13.8 Å². The summed E-state index contributed by atoms with van der Waals surface area (Å²) in [5.41, 5.74) is 5.68. The summed E-state index contributed by atoms with van der Waals surface area (Å²) in [5, 5.41) is 4.66. The average Bonchev–Trinajstić information content (AvgIpc) is 2.63. The van der Waals surface area contributed by atoms with Crippen molar-refractivity contribution in [2.24, 2.45) is 0 Å². The molecule has 28 heavy (non-hydrogen) atoms. The number of aryl methyl sites for hydroxylation is 2. The van der Waals surface area contributed by atoms with Crippen LogP contribution in [0.1, 0.15) is 22.3 Å². The third-order valence-corrected chi connectivity index (χ3v) is 6.21. The molecule has 0 aliphatic rings. The number of nitrogens with one attached hydrogen (secondary N) is 1. The van der Waals surface area contributed by atoms with Gasteiger partial charge in [-0.2, -0.15) is 0 Å². The van der Waals surface area contributed by atoms with E-state index < -0.39 is 0 Å². The highest BCUT2D eigenvalue weighted by molar-refractivity contribution is 9.11. The highest BCUT2D eigenvalue weighted by atomic mass is 79.9. The van der Waals surface area contributed by atoms with Gasteiger partial charge in [0.05, 0.1) is 8.95 Å². The summed E-state index contributed by atoms with van der Waals surface area (Å²) in [4.78, 5) is 0. The van der Waals surface area contributed by atoms with Crippen molar-refractivity contribution in [1.82, 2.24) is 0 Å². The Kier molecular flexibility index (Phi) is 7.32. The zero-order valence-corrected chi connectivity index (χ0v) is 20.1. The van der Waals surface area contributed by atoms with Crippen molar-refractivity contribution in [3.05, 3.63) is 89.8 Å². The summed E-state index contributed by atoms with van der Waals surface area (Å²) >= 11 is 19.4. The zero-order chi connectivity index (χ0) is 20.3. The van der Waals surface area contributed by atoms with Gasteiger partial charge in [-0.25, -0.2) is 0 Å². The zero-order valence-electron chi connectivity index (χ0n) is 15.5. The third-order valence-electron chi connectivity index (χ3n) is 4.45. The Morgan fingerprint density at radius 1 is 0.893 bits per heavy atom. The molecule has 0 aliphatic heterocycles. The van der Waals surface area contributed by atoms with Crippen LogP contribution < -0.4 is 10.1 Å². The molecule has 0 heterocycles. The first-order chi connectivity index (χ1) is 13.3. The van der Waals surface area contributed by atoms with Gasteiger partial charge in [-0.05, 0) is 98.8 Å². The lowest BCUT2D eigenvalue weighted by Gasteiger charge is -2.14. The van der Waals surface area contributed by atoms with Crippen LogP contribution in [0.5, 0.6) is 5.75 Å². The Labute approximate surface area is 192 Å². The van der Waals surface area contributed by atoms with Crippen molar-refractivity contribution in [1.29, 1.82) is 0 Å². The first kappa shape index (κ1) is 21.5. The lowest BCUT2D eigenvalue weighted by atomic mass is 10.1. The molecular formula is C22H19Br2Cl2NO. The quantitative estimate of drug-likeness (QED) is 0.337. The monoisotopic (exact) mass is 541 g/mol. The summed E-state index contributed by atoms with van der Waals surface area (Å²) in [6.45, 7) is 5.30. The molecule has 3 aromatic carbocycles. The highest BCUT2D eigenvalue weighted by Gasteiger charge is 2.11. The third kappa shape index (κ3) is 5.44. The van der Waals surface area contributed by atoms with Crippen LogP contribution in [0.15, 0.2) is 57.5 Å². The van der Waals surface area contributed by atoms with Crippen LogP contribution in [-0.2, 0) is 13.2 Å². The van der Waals surface area contributed by atoms with Crippen molar-refractivity contribution >= 4 is 60.7 Å². The maximum absolute atomic E-state index is 6.22. The van der Waals surface area contributed by atoms with E-state index in [1.165, 1.54) is 11.1 Å². The number of ether oxygens (including phenoxy) is 1. The SMILES string of the molecule is Cc1ccc(NCc2cc(Br)c(OCc3ccc(Cl)cc3Cl)c(Br)c2)cc1C. The molecule has 0 fully saturated rings. The predicted molar refractivity (Wildman–Crippen MR) is 126 cm³/mol. The number of halogens is 4. The van der Waals surface area contributed by atoms with Crippen LogP contribution in [0.25, 0.3) is 0 Å². The summed E-state index contributed by atoms with van der Waals surface area (Å²) in [7, 11) is 0. The smallest absolute Gasteiger partial charge is 0.148 e. The van der Waals surface area contributed by atoms with Gasteiger partial charge in [-0.15, -0.1) is 0 Å². The standard InChI is InChI=1S/C22H19Br2Cl2NO/c1-13-3-6-18(7-14(13)2)27-11-15-8-19(23)22(20(24)9-15)28-12-16-4-5-17(25)10-21(16)26/h3-10,27H,11-12H2,1-2H3. The lowest BCUT2D eigenvalue weighted by molar-refractivity contribution is 0.302. The first-order valence-electron chi connectivity index (χ1n) is 8.69. The molecule has 3 aromatic rings. The van der Waals surface area contributed by atoms with Gasteiger partial charge in [0.2, 0.25) is 0 Å². The van der Waals surface area contributed by atoms with Gasteiger partial charge < -0.3 is 10.1 Å². The van der Waals surface area contributed by atoms with E-state index in [0.29, 0.717) is 23.2 Å². The highest BCUT2D eigenvalue weighted by Crippen LogP contribution is 2.36. The Hall–Kier alpha value is -1.20. The first-order valence-corrected chi connectivity index (χ1v) is 11.0. The Morgan fingerprint density at radius 3 is 2.25 bits per heavy atom. The molecule has 0 amide bonds. The molecule has 0 saturated heterocycles. The van der Waals surface area contributed by atoms with E-state index in [1.54, 1.807) is 12.1 Å². The number of hydrogen-bond acceptors (Lipinski definition) is 2. The molecular weight excluding hydrogens is 525 g/mol. The second kappa shape index (κ2) is 9.53. The fraction of sp³-hybridized carbons (Fsp3) is 0.182. The van der Waals surface area contributed by atoms with Crippen molar-refractivity contribution in [2.45, 2.75) is 27.0 Å². The lowest BCUT2D eigenvalue weighted by Crippen LogP contribution is -2.02. The fourth-order valence-electron chi connectivity index (χ4n) is 2.70. The van der Waals surface area contributed by atoms with E-state index in [1.807, 2.05) is 6.07 Å². The summed E-state index contributed by atoms with van der Waals surface area (Å²) in [5.74, 6) is 0.737. The van der Waals surface area contributed by atoms with E-state index >= 15 is 0 Å². The normalized spacial score (nSPS) is 10.8. The van der Waals surface area contributed by atoms with Crippen LogP contribution >= 0.6 is 55.1 Å². The molecule has 0 aromatic heterocycles. The molecule has 0 unspecified atom stereocenters. The Balaban J connectivity index is 1.68. The maximum atomic E-state index is 6.22. The number of anilines is 1. The van der Waals surface area contributed by atoms with Gasteiger partial charge in [0.25, 0.3) is 0 Å². The molecule has 0 bridgehead atoms. The molecule has 0 atom stereocenters. The van der Waals surface area contributed by atoms with Crippen molar-refractivity contribution in [3.8, 4) is 5.75 Å². The van der Waals surface area contributed by atoms with Crippen LogP contribution in [0.4, 0.5) is 5.69 Å². The molecule has 0 spiro atoms. The number of rotatable bonds is 6. The van der Waals surface area contributed by atoms with E-state index in [0.717, 1.165) is 31.5 Å². The van der Waals surface area contributed by atoms with Crippen LogP contribution in [0.2, 0.25) is 10.0 Å². The molecule has 0 saturated carbocycles. The molecule has 0 aliphatic carbocycles. The van der Waals surface area contributed by atoms with E-state index in [2.05, 4.69) is 81.4 Å². The second-order valence-corrected chi connectivity index (χ2v) is 9.12. The van der Waals surface area contributed by atoms with Gasteiger partial charge in [0.15, 0.2) is 0 Å². The van der Waals surface area contributed by atoms with Gasteiger partial charge in [0.1, 0.15) is 12.4 Å². The van der Waals surface area contributed by atoms with Gasteiger partial charge in [0, 0.05) is 27.8 Å². The van der Waals surface area contributed by atoms with Crippen molar-refractivity contribution in [3.63, 3.8) is 0 Å². The number of hydrogen-bond donors (Lipinski definition) is 1. The van der Waals surface area contributed by atoms with Crippen molar-refractivity contribution < 1.29 is 4.74 Å². The Bertz CT molecular complexity index is 985.